The van der Waals surface area contributed by atoms with Gasteiger partial charge in [0.25, 0.3) is 5.56 Å². The van der Waals surface area contributed by atoms with E-state index < -0.39 is 0 Å². The maximum atomic E-state index is 13.4. The van der Waals surface area contributed by atoms with Gasteiger partial charge in [0.15, 0.2) is 11.4 Å². The van der Waals surface area contributed by atoms with Crippen LogP contribution in [0.2, 0.25) is 0 Å². The Morgan fingerprint density at radius 1 is 1.25 bits per heavy atom. The summed E-state index contributed by atoms with van der Waals surface area (Å²) in [7, 11) is 1.58. The first kappa shape index (κ1) is 20.6. The van der Waals surface area contributed by atoms with Gasteiger partial charge in [0.2, 0.25) is 0 Å². The molecule has 0 amide bonds. The van der Waals surface area contributed by atoms with Crippen molar-refractivity contribution in [2.45, 2.75) is 32.1 Å². The topological polar surface area (TPSA) is 72.9 Å². The summed E-state index contributed by atoms with van der Waals surface area (Å²) < 4.78 is 25.9. The van der Waals surface area contributed by atoms with Crippen LogP contribution in [0.4, 0.5) is 4.39 Å². The number of rotatable bonds is 5. The maximum Gasteiger partial charge on any atom is 0.261 e. The summed E-state index contributed by atoms with van der Waals surface area (Å²) in [6.45, 7) is 4.49. The van der Waals surface area contributed by atoms with Crippen LogP contribution in [0.5, 0.6) is 5.75 Å². The van der Waals surface area contributed by atoms with Crippen LogP contribution in [0.1, 0.15) is 35.8 Å². The molecule has 3 aromatic heterocycles. The van der Waals surface area contributed by atoms with E-state index in [0.29, 0.717) is 23.3 Å². The van der Waals surface area contributed by atoms with E-state index >= 15 is 0 Å². The van der Waals surface area contributed by atoms with Crippen LogP contribution in [0, 0.1) is 12.7 Å². The Balaban J connectivity index is 1.27. The minimum absolute atomic E-state index is 0.0401. The van der Waals surface area contributed by atoms with Gasteiger partial charge in [-0.25, -0.2) is 9.37 Å². The smallest absolute Gasteiger partial charge is 0.261 e. The Morgan fingerprint density at radius 3 is 2.84 bits per heavy atom. The normalized spacial score (nSPS) is 15.6. The molecule has 1 aromatic carbocycles. The molecule has 7 nitrogen and oxygen atoms in total. The van der Waals surface area contributed by atoms with Gasteiger partial charge < -0.3 is 14.2 Å². The SMILES string of the molecule is COc1cccn2c(=O)c(CCN3CCC(c4onc5cc(F)ccc45)CC3)c(C)nc12. The number of ether oxygens (including phenoxy) is 1. The lowest BCUT2D eigenvalue weighted by Gasteiger charge is -2.31. The van der Waals surface area contributed by atoms with Gasteiger partial charge in [-0.2, -0.15) is 0 Å². The summed E-state index contributed by atoms with van der Waals surface area (Å²) in [4.78, 5) is 20.0. The number of aromatic nitrogens is 3. The summed E-state index contributed by atoms with van der Waals surface area (Å²) >= 11 is 0. The molecule has 0 N–H and O–H groups in total. The Bertz CT molecular complexity index is 1340. The minimum atomic E-state index is -0.306. The van der Waals surface area contributed by atoms with E-state index in [1.165, 1.54) is 12.1 Å². The molecule has 0 bridgehead atoms. The van der Waals surface area contributed by atoms with Gasteiger partial charge in [-0.05, 0) is 63.5 Å². The molecular weight excluding hydrogens is 411 g/mol. The van der Waals surface area contributed by atoms with Crippen molar-refractivity contribution in [3.63, 3.8) is 0 Å². The first-order chi connectivity index (χ1) is 15.5. The molecule has 0 saturated carbocycles. The van der Waals surface area contributed by atoms with Gasteiger partial charge in [0.1, 0.15) is 17.1 Å². The Labute approximate surface area is 184 Å². The Kier molecular flexibility index (Phi) is 5.38. The average Bonchev–Trinajstić information content (AvgIpc) is 3.22. The molecule has 1 fully saturated rings. The predicted octanol–water partition coefficient (Wildman–Crippen LogP) is 3.71. The number of benzene rings is 1. The fourth-order valence-electron chi connectivity index (χ4n) is 4.65. The van der Waals surface area contributed by atoms with E-state index in [-0.39, 0.29) is 17.3 Å². The van der Waals surface area contributed by atoms with Crippen LogP contribution in [-0.4, -0.2) is 46.2 Å². The lowest BCUT2D eigenvalue weighted by molar-refractivity contribution is 0.199. The number of methoxy groups -OCH3 is 1. The van der Waals surface area contributed by atoms with Gasteiger partial charge in [0.05, 0.1) is 7.11 Å². The first-order valence-corrected chi connectivity index (χ1v) is 10.9. The molecule has 4 heterocycles. The number of fused-ring (bicyclic) bond motifs is 2. The molecule has 1 saturated heterocycles. The van der Waals surface area contributed by atoms with Gasteiger partial charge in [0, 0.05) is 41.4 Å². The number of nitrogens with zero attached hydrogens (tertiary/aromatic N) is 4. The average molecular weight is 436 g/mol. The molecule has 8 heteroatoms. The zero-order valence-corrected chi connectivity index (χ0v) is 18.2. The monoisotopic (exact) mass is 436 g/mol. The van der Waals surface area contributed by atoms with Crippen molar-refractivity contribution < 1.29 is 13.7 Å². The molecule has 5 rings (SSSR count). The van der Waals surface area contributed by atoms with Crippen LogP contribution in [0.15, 0.2) is 45.8 Å². The van der Waals surface area contributed by atoms with Crippen LogP contribution < -0.4 is 10.3 Å². The maximum absolute atomic E-state index is 13.4. The van der Waals surface area contributed by atoms with Crippen LogP contribution in [-0.2, 0) is 6.42 Å². The number of likely N-dealkylation sites (tertiary alicyclic amines) is 1. The molecule has 0 radical (unpaired) electrons. The van der Waals surface area contributed by atoms with Crippen molar-refractivity contribution in [3.05, 3.63) is 69.7 Å². The second kappa shape index (κ2) is 8.35. The second-order valence-electron chi connectivity index (χ2n) is 8.33. The summed E-state index contributed by atoms with van der Waals surface area (Å²) in [5.41, 5.74) is 2.55. The highest BCUT2D eigenvalue weighted by Crippen LogP contribution is 2.33. The number of piperidine rings is 1. The highest BCUT2D eigenvalue weighted by Gasteiger charge is 2.26. The molecule has 32 heavy (non-hydrogen) atoms. The number of halogens is 1. The standard InChI is InChI=1S/C24H25FN4O3/c1-15-18(24(30)29-10-3-4-21(31-2)23(29)26-15)9-13-28-11-7-16(8-12-28)22-19-6-5-17(25)14-20(19)27-32-22/h3-6,10,14,16H,7-9,11-13H2,1-2H3. The highest BCUT2D eigenvalue weighted by molar-refractivity contribution is 5.80. The van der Waals surface area contributed by atoms with E-state index in [4.69, 9.17) is 9.26 Å². The molecule has 1 aliphatic heterocycles. The van der Waals surface area contributed by atoms with E-state index in [9.17, 15) is 9.18 Å². The molecule has 0 spiro atoms. The van der Waals surface area contributed by atoms with Crippen molar-refractivity contribution in [2.24, 2.45) is 0 Å². The summed E-state index contributed by atoms with van der Waals surface area (Å²) in [5.74, 6) is 1.40. The third kappa shape index (κ3) is 3.64. The lowest BCUT2D eigenvalue weighted by Crippen LogP contribution is -2.35. The van der Waals surface area contributed by atoms with Crippen LogP contribution in [0.25, 0.3) is 16.6 Å². The molecular formula is C24H25FN4O3. The number of hydrogen-bond donors (Lipinski definition) is 0. The second-order valence-corrected chi connectivity index (χ2v) is 8.33. The molecule has 166 valence electrons. The fraction of sp³-hybridized carbons (Fsp3) is 0.375. The predicted molar refractivity (Wildman–Crippen MR) is 119 cm³/mol. The summed E-state index contributed by atoms with van der Waals surface area (Å²) in [5, 5.41) is 4.92. The van der Waals surface area contributed by atoms with E-state index in [1.807, 2.05) is 6.92 Å². The van der Waals surface area contributed by atoms with E-state index in [1.54, 1.807) is 35.9 Å². The van der Waals surface area contributed by atoms with Crippen molar-refractivity contribution in [2.75, 3.05) is 26.7 Å². The minimum Gasteiger partial charge on any atom is -0.493 e. The third-order valence-corrected chi connectivity index (χ3v) is 6.44. The molecule has 0 aliphatic carbocycles. The van der Waals surface area contributed by atoms with Crippen molar-refractivity contribution in [1.82, 2.24) is 19.4 Å². The van der Waals surface area contributed by atoms with Gasteiger partial charge in [-0.3, -0.25) is 9.20 Å². The zero-order chi connectivity index (χ0) is 22.2. The lowest BCUT2D eigenvalue weighted by atomic mass is 9.92. The fourth-order valence-corrected chi connectivity index (χ4v) is 4.65. The van der Waals surface area contributed by atoms with Gasteiger partial charge >= 0.3 is 0 Å². The zero-order valence-electron chi connectivity index (χ0n) is 18.2. The van der Waals surface area contributed by atoms with Crippen LogP contribution >= 0.6 is 0 Å². The van der Waals surface area contributed by atoms with E-state index in [2.05, 4.69) is 15.0 Å². The first-order valence-electron chi connectivity index (χ1n) is 10.9. The number of aryl methyl sites for hydroxylation is 1. The van der Waals surface area contributed by atoms with E-state index in [0.717, 1.165) is 54.9 Å². The van der Waals surface area contributed by atoms with Gasteiger partial charge in [-0.15, -0.1) is 0 Å². The Hall–Kier alpha value is -3.26. The van der Waals surface area contributed by atoms with Crippen molar-refractivity contribution >= 4 is 16.6 Å². The molecule has 4 aromatic rings. The van der Waals surface area contributed by atoms with Gasteiger partial charge in [-0.1, -0.05) is 5.16 Å². The third-order valence-electron chi connectivity index (χ3n) is 6.44. The van der Waals surface area contributed by atoms with Crippen LogP contribution in [0.3, 0.4) is 0 Å². The molecule has 0 unspecified atom stereocenters. The summed E-state index contributed by atoms with van der Waals surface area (Å²) in [6, 6.07) is 8.21. The van der Waals surface area contributed by atoms with Crippen molar-refractivity contribution in [3.8, 4) is 5.75 Å². The molecule has 0 atom stereocenters. The number of hydrogen-bond acceptors (Lipinski definition) is 6. The Morgan fingerprint density at radius 2 is 2.06 bits per heavy atom. The quantitative estimate of drug-likeness (QED) is 0.475. The summed E-state index contributed by atoms with van der Waals surface area (Å²) in [6.07, 6.45) is 4.25. The largest absolute Gasteiger partial charge is 0.493 e. The van der Waals surface area contributed by atoms with Crippen molar-refractivity contribution in [1.29, 1.82) is 0 Å². The number of pyridine rings is 1. The highest BCUT2D eigenvalue weighted by atomic mass is 19.1. The molecule has 1 aliphatic rings.